The van der Waals surface area contributed by atoms with Gasteiger partial charge >= 0.3 is 0 Å². The van der Waals surface area contributed by atoms with Gasteiger partial charge in [0.15, 0.2) is 7.28 Å². The van der Waals surface area contributed by atoms with Crippen LogP contribution in [0.15, 0.2) is 42.5 Å². The standard InChI is InChI=1S/C17H18BO/c1-2-3-6-13-14-7-4-5-8-16(14)18-17-10-9-12(19)11-15(13)17/h4-5,7-11,13,19H,2-3,6H2,1H3. The molecule has 1 atom stereocenters. The zero-order chi connectivity index (χ0) is 13.2. The Kier molecular flexibility index (Phi) is 3.33. The van der Waals surface area contributed by atoms with Crippen molar-refractivity contribution in [3.8, 4) is 5.75 Å². The molecule has 1 nitrogen and oxygen atoms in total. The second kappa shape index (κ2) is 5.12. The molecule has 1 radical (unpaired) electrons. The summed E-state index contributed by atoms with van der Waals surface area (Å²) < 4.78 is 0. The van der Waals surface area contributed by atoms with Gasteiger partial charge in [0.2, 0.25) is 0 Å². The Morgan fingerprint density at radius 2 is 1.84 bits per heavy atom. The number of unbranched alkanes of at least 4 members (excludes halogenated alkanes) is 1. The highest BCUT2D eigenvalue weighted by molar-refractivity contribution is 6.69. The zero-order valence-electron chi connectivity index (χ0n) is 11.3. The topological polar surface area (TPSA) is 20.2 Å². The number of aromatic hydroxyl groups is 1. The number of phenols is 1. The average Bonchev–Trinajstić information content (AvgIpc) is 2.44. The maximum absolute atomic E-state index is 9.77. The van der Waals surface area contributed by atoms with Crippen LogP contribution >= 0.6 is 0 Å². The summed E-state index contributed by atoms with van der Waals surface area (Å²) in [5, 5.41) is 9.77. The van der Waals surface area contributed by atoms with Gasteiger partial charge in [-0.1, -0.05) is 61.0 Å². The Labute approximate surface area is 115 Å². The Balaban J connectivity index is 2.08. The van der Waals surface area contributed by atoms with Crippen molar-refractivity contribution >= 4 is 18.2 Å². The summed E-state index contributed by atoms with van der Waals surface area (Å²) in [6, 6.07) is 14.3. The third-order valence-corrected chi connectivity index (χ3v) is 3.97. The summed E-state index contributed by atoms with van der Waals surface area (Å²) >= 11 is 0. The van der Waals surface area contributed by atoms with Crippen LogP contribution in [0.4, 0.5) is 0 Å². The molecule has 0 saturated heterocycles. The first-order valence-electron chi connectivity index (χ1n) is 7.06. The second-order valence-corrected chi connectivity index (χ2v) is 5.28. The number of fused-ring (bicyclic) bond motifs is 2. The molecular formula is C17H18BO. The maximum atomic E-state index is 9.77. The lowest BCUT2D eigenvalue weighted by Gasteiger charge is -2.28. The highest BCUT2D eigenvalue weighted by atomic mass is 16.3. The fourth-order valence-electron chi connectivity index (χ4n) is 3.01. The molecule has 0 aliphatic carbocycles. The van der Waals surface area contributed by atoms with Crippen LogP contribution in [-0.2, 0) is 0 Å². The van der Waals surface area contributed by atoms with E-state index in [1.54, 1.807) is 6.07 Å². The largest absolute Gasteiger partial charge is 0.508 e. The number of benzene rings is 2. The summed E-state index contributed by atoms with van der Waals surface area (Å²) in [6.07, 6.45) is 3.57. The lowest BCUT2D eigenvalue weighted by Crippen LogP contribution is -2.39. The van der Waals surface area contributed by atoms with Crippen LogP contribution in [0.5, 0.6) is 5.75 Å². The van der Waals surface area contributed by atoms with Crippen LogP contribution in [0, 0.1) is 0 Å². The molecule has 95 valence electrons. The lowest BCUT2D eigenvalue weighted by atomic mass is 9.54. The van der Waals surface area contributed by atoms with Crippen LogP contribution in [0.2, 0.25) is 0 Å². The van der Waals surface area contributed by atoms with Crippen molar-refractivity contribution in [2.24, 2.45) is 0 Å². The first kappa shape index (κ1) is 12.3. The van der Waals surface area contributed by atoms with Gasteiger partial charge in [-0.05, 0) is 29.7 Å². The monoisotopic (exact) mass is 249 g/mol. The van der Waals surface area contributed by atoms with Crippen molar-refractivity contribution in [2.45, 2.75) is 32.1 Å². The lowest BCUT2D eigenvalue weighted by molar-refractivity contribution is 0.474. The van der Waals surface area contributed by atoms with Gasteiger partial charge in [0.1, 0.15) is 5.75 Å². The van der Waals surface area contributed by atoms with Crippen LogP contribution in [-0.4, -0.2) is 12.4 Å². The number of rotatable bonds is 3. The van der Waals surface area contributed by atoms with E-state index in [9.17, 15) is 5.11 Å². The van der Waals surface area contributed by atoms with Gasteiger partial charge in [0, 0.05) is 5.92 Å². The van der Waals surface area contributed by atoms with Crippen molar-refractivity contribution in [2.75, 3.05) is 0 Å². The molecule has 1 aliphatic heterocycles. The average molecular weight is 249 g/mol. The third kappa shape index (κ3) is 2.27. The first-order chi connectivity index (χ1) is 9.29. The molecule has 0 spiro atoms. The van der Waals surface area contributed by atoms with Crippen LogP contribution in [0.1, 0.15) is 43.2 Å². The quantitative estimate of drug-likeness (QED) is 0.829. The number of hydrogen-bond acceptors (Lipinski definition) is 1. The highest BCUT2D eigenvalue weighted by Gasteiger charge is 2.25. The minimum absolute atomic E-state index is 0.369. The summed E-state index contributed by atoms with van der Waals surface area (Å²) in [6.45, 7) is 2.23. The van der Waals surface area contributed by atoms with Gasteiger partial charge in [-0.15, -0.1) is 0 Å². The molecule has 1 unspecified atom stereocenters. The van der Waals surface area contributed by atoms with E-state index in [1.165, 1.54) is 34.9 Å². The van der Waals surface area contributed by atoms with E-state index in [4.69, 9.17) is 0 Å². The molecule has 0 amide bonds. The van der Waals surface area contributed by atoms with E-state index in [1.807, 2.05) is 12.1 Å². The molecule has 1 heterocycles. The van der Waals surface area contributed by atoms with Gasteiger partial charge < -0.3 is 5.11 Å². The van der Waals surface area contributed by atoms with E-state index >= 15 is 0 Å². The predicted octanol–water partition coefficient (Wildman–Crippen LogP) is 2.68. The van der Waals surface area contributed by atoms with Crippen molar-refractivity contribution < 1.29 is 5.11 Å². The van der Waals surface area contributed by atoms with E-state index < -0.39 is 0 Å². The Morgan fingerprint density at radius 1 is 1.05 bits per heavy atom. The van der Waals surface area contributed by atoms with Gasteiger partial charge in [-0.25, -0.2) is 0 Å². The molecule has 2 aromatic rings. The number of hydrogen-bond donors (Lipinski definition) is 1. The van der Waals surface area contributed by atoms with Crippen molar-refractivity contribution in [1.82, 2.24) is 0 Å². The molecule has 2 aromatic carbocycles. The van der Waals surface area contributed by atoms with E-state index in [0.29, 0.717) is 11.7 Å². The van der Waals surface area contributed by atoms with Gasteiger partial charge in [-0.3, -0.25) is 0 Å². The normalized spacial score (nSPS) is 16.4. The summed E-state index contributed by atoms with van der Waals surface area (Å²) in [5.41, 5.74) is 5.24. The molecule has 1 N–H and O–H groups in total. The molecule has 0 saturated carbocycles. The van der Waals surface area contributed by atoms with Gasteiger partial charge in [0.05, 0.1) is 0 Å². The molecule has 0 bridgehead atoms. The summed E-state index contributed by atoms with van der Waals surface area (Å²) in [4.78, 5) is 0. The fourth-order valence-corrected chi connectivity index (χ4v) is 3.01. The fraction of sp³-hybridized carbons (Fsp3) is 0.294. The molecule has 2 heteroatoms. The molecule has 19 heavy (non-hydrogen) atoms. The highest BCUT2D eigenvalue weighted by Crippen LogP contribution is 2.31. The van der Waals surface area contributed by atoms with Crippen LogP contribution in [0.25, 0.3) is 0 Å². The number of phenolic OH excluding ortho intramolecular Hbond substituents is 1. The van der Waals surface area contributed by atoms with Crippen molar-refractivity contribution in [3.05, 3.63) is 53.6 Å². The molecule has 1 aliphatic rings. The van der Waals surface area contributed by atoms with E-state index in [2.05, 4.69) is 38.5 Å². The minimum atomic E-state index is 0.369. The molecule has 0 aromatic heterocycles. The molecule has 0 fully saturated rings. The van der Waals surface area contributed by atoms with E-state index in [-0.39, 0.29) is 0 Å². The smallest absolute Gasteiger partial charge is 0.192 e. The maximum Gasteiger partial charge on any atom is 0.192 e. The Bertz CT molecular complexity index is 592. The van der Waals surface area contributed by atoms with Crippen LogP contribution < -0.4 is 10.9 Å². The van der Waals surface area contributed by atoms with E-state index in [0.717, 1.165) is 6.42 Å². The van der Waals surface area contributed by atoms with Crippen LogP contribution in [0.3, 0.4) is 0 Å². The van der Waals surface area contributed by atoms with Crippen molar-refractivity contribution in [3.63, 3.8) is 0 Å². The third-order valence-electron chi connectivity index (χ3n) is 3.97. The summed E-state index contributed by atoms with van der Waals surface area (Å²) in [7, 11) is 2.23. The van der Waals surface area contributed by atoms with Gasteiger partial charge in [0.25, 0.3) is 0 Å². The zero-order valence-corrected chi connectivity index (χ0v) is 11.3. The first-order valence-corrected chi connectivity index (χ1v) is 7.06. The molecular weight excluding hydrogens is 231 g/mol. The van der Waals surface area contributed by atoms with Crippen molar-refractivity contribution in [1.29, 1.82) is 0 Å². The Hall–Kier alpha value is -1.70. The predicted molar refractivity (Wildman–Crippen MR) is 80.9 cm³/mol. The second-order valence-electron chi connectivity index (χ2n) is 5.28. The minimum Gasteiger partial charge on any atom is -0.508 e. The molecule has 3 rings (SSSR count). The SMILES string of the molecule is CCCCC1c2ccccc2[B]c2ccc(O)cc21. The van der Waals surface area contributed by atoms with Gasteiger partial charge in [-0.2, -0.15) is 0 Å². The Morgan fingerprint density at radius 3 is 2.68 bits per heavy atom. The summed E-state index contributed by atoms with van der Waals surface area (Å²) in [5.74, 6) is 0.788.